The van der Waals surface area contributed by atoms with Gasteiger partial charge in [0.1, 0.15) is 28.7 Å². The van der Waals surface area contributed by atoms with Gasteiger partial charge in [-0.3, -0.25) is 9.59 Å². The van der Waals surface area contributed by atoms with Crippen molar-refractivity contribution in [3.8, 4) is 23.0 Å². The van der Waals surface area contributed by atoms with E-state index >= 15 is 0 Å². The third kappa shape index (κ3) is 7.34. The Morgan fingerprint density at radius 2 is 1.50 bits per heavy atom. The molecule has 2 aromatic rings. The van der Waals surface area contributed by atoms with Gasteiger partial charge in [-0.05, 0) is 52.8 Å². The van der Waals surface area contributed by atoms with Crippen LogP contribution >= 0.6 is 11.6 Å². The highest BCUT2D eigenvalue weighted by Crippen LogP contribution is 2.37. The molecule has 34 heavy (non-hydrogen) atoms. The Morgan fingerprint density at radius 3 is 2.12 bits per heavy atom. The van der Waals surface area contributed by atoms with Gasteiger partial charge in [0.05, 0.1) is 37.1 Å². The Hall–Kier alpha value is -3.33. The van der Waals surface area contributed by atoms with Crippen LogP contribution in [0.25, 0.3) is 0 Å². The first-order chi connectivity index (χ1) is 16.3. The number of amides is 1. The summed E-state index contributed by atoms with van der Waals surface area (Å²) >= 11 is 6.26. The number of carbonyl (C=O) groups is 2. The average Bonchev–Trinajstić information content (AvgIpc) is 2.78. The largest absolute Gasteiger partial charge is 0.494 e. The zero-order valence-electron chi connectivity index (χ0n) is 20.0. The molecule has 1 atom stereocenters. The summed E-state index contributed by atoms with van der Waals surface area (Å²) < 4.78 is 22.2. The van der Waals surface area contributed by atoms with Crippen molar-refractivity contribution in [2.24, 2.45) is 10.2 Å². The molecule has 9 nitrogen and oxygen atoms in total. The van der Waals surface area contributed by atoms with E-state index in [0.29, 0.717) is 55.1 Å². The lowest BCUT2D eigenvalue weighted by Gasteiger charge is -2.16. The van der Waals surface area contributed by atoms with E-state index in [1.165, 1.54) is 13.0 Å². The van der Waals surface area contributed by atoms with Crippen molar-refractivity contribution in [3.63, 3.8) is 0 Å². The normalized spacial score (nSPS) is 11.7. The van der Waals surface area contributed by atoms with Crippen molar-refractivity contribution >= 4 is 34.7 Å². The Labute approximate surface area is 204 Å². The van der Waals surface area contributed by atoms with E-state index in [9.17, 15) is 9.59 Å². The van der Waals surface area contributed by atoms with Crippen LogP contribution in [0.2, 0.25) is 5.02 Å². The predicted molar refractivity (Wildman–Crippen MR) is 130 cm³/mol. The number of azo groups is 1. The van der Waals surface area contributed by atoms with Gasteiger partial charge in [0.2, 0.25) is 6.04 Å². The molecule has 2 aromatic carbocycles. The first-order valence-electron chi connectivity index (χ1n) is 11.0. The fourth-order valence-electron chi connectivity index (χ4n) is 2.92. The van der Waals surface area contributed by atoms with Gasteiger partial charge in [0, 0.05) is 12.1 Å². The zero-order chi connectivity index (χ0) is 25.1. The monoisotopic (exact) mass is 491 g/mol. The van der Waals surface area contributed by atoms with Gasteiger partial charge >= 0.3 is 0 Å². The van der Waals surface area contributed by atoms with E-state index in [4.69, 9.17) is 30.5 Å². The van der Waals surface area contributed by atoms with Crippen LogP contribution in [0.4, 0.5) is 11.4 Å². The summed E-state index contributed by atoms with van der Waals surface area (Å²) in [6.45, 7) is 10.3. The number of anilines is 1. The van der Waals surface area contributed by atoms with E-state index in [1.54, 1.807) is 31.2 Å². The minimum Gasteiger partial charge on any atom is -0.494 e. The first-order valence-corrected chi connectivity index (χ1v) is 11.4. The molecule has 0 bridgehead atoms. The van der Waals surface area contributed by atoms with Crippen LogP contribution in [-0.4, -0.2) is 44.2 Å². The molecule has 1 amide bonds. The molecule has 0 aliphatic rings. The molecular weight excluding hydrogens is 462 g/mol. The number of hydrogen-bond acceptors (Lipinski definition) is 8. The van der Waals surface area contributed by atoms with E-state index in [2.05, 4.69) is 15.5 Å². The van der Waals surface area contributed by atoms with Gasteiger partial charge in [-0.1, -0.05) is 11.6 Å². The molecule has 0 fully saturated rings. The van der Waals surface area contributed by atoms with Crippen molar-refractivity contribution in [1.29, 1.82) is 0 Å². The molecule has 0 aliphatic heterocycles. The Kier molecular flexibility index (Phi) is 10.6. The molecular formula is C24H30ClN3O6. The minimum absolute atomic E-state index is 0.289. The molecule has 0 aromatic heterocycles. The second-order valence-electron chi connectivity index (χ2n) is 6.86. The number of carbonyl (C=O) groups excluding carboxylic acids is 2. The molecule has 0 saturated heterocycles. The number of Topliss-reactive ketones (excluding diaryl/α,β-unsaturated/α-hetero) is 1. The molecule has 1 unspecified atom stereocenters. The van der Waals surface area contributed by atoms with Crippen LogP contribution in [0.15, 0.2) is 40.6 Å². The maximum atomic E-state index is 12.9. The number of halogens is 1. The molecule has 1 N–H and O–H groups in total. The SMILES string of the molecule is CCOc1ccc(N=NC(C(C)=O)C(=O)Nc2cc(Cl)c(OCC)cc2OCC)c(OCC)c1. The highest BCUT2D eigenvalue weighted by Gasteiger charge is 2.25. The molecule has 0 aliphatic carbocycles. The van der Waals surface area contributed by atoms with Crippen molar-refractivity contribution in [2.45, 2.75) is 40.7 Å². The Morgan fingerprint density at radius 1 is 0.882 bits per heavy atom. The van der Waals surface area contributed by atoms with Crippen molar-refractivity contribution in [3.05, 3.63) is 35.4 Å². The van der Waals surface area contributed by atoms with Gasteiger partial charge in [-0.15, -0.1) is 0 Å². The van der Waals surface area contributed by atoms with Gasteiger partial charge in [-0.2, -0.15) is 10.2 Å². The van der Waals surface area contributed by atoms with Gasteiger partial charge in [0.15, 0.2) is 5.78 Å². The summed E-state index contributed by atoms with van der Waals surface area (Å²) in [5.74, 6) is 0.653. The summed E-state index contributed by atoms with van der Waals surface area (Å²) in [5, 5.41) is 11.1. The average molecular weight is 492 g/mol. The van der Waals surface area contributed by atoms with Crippen molar-refractivity contribution in [1.82, 2.24) is 0 Å². The van der Waals surface area contributed by atoms with Crippen molar-refractivity contribution in [2.75, 3.05) is 31.7 Å². The number of hydrogen-bond donors (Lipinski definition) is 1. The second-order valence-corrected chi connectivity index (χ2v) is 7.27. The fraction of sp³-hybridized carbons (Fsp3) is 0.417. The summed E-state index contributed by atoms with van der Waals surface area (Å²) in [5.41, 5.74) is 0.654. The van der Waals surface area contributed by atoms with Gasteiger partial charge in [-0.25, -0.2) is 0 Å². The first kappa shape index (κ1) is 26.9. The number of benzene rings is 2. The standard InChI is InChI=1S/C24H30ClN3O6/c1-6-31-16-10-11-18(21(12-16)33-8-3)27-28-23(15(5)29)24(30)26-19-13-17(25)20(32-7-2)14-22(19)34-9-4/h10-14,23H,6-9H2,1-5H3,(H,26,30). The van der Waals surface area contributed by atoms with Crippen LogP contribution in [0.5, 0.6) is 23.0 Å². The topological polar surface area (TPSA) is 108 Å². The summed E-state index contributed by atoms with van der Waals surface area (Å²) in [4.78, 5) is 25.2. The molecule has 10 heteroatoms. The zero-order valence-corrected chi connectivity index (χ0v) is 20.8. The highest BCUT2D eigenvalue weighted by atomic mass is 35.5. The summed E-state index contributed by atoms with van der Waals surface area (Å²) in [6, 6.07) is 6.74. The lowest BCUT2D eigenvalue weighted by atomic mass is 10.2. The maximum absolute atomic E-state index is 12.9. The van der Waals surface area contributed by atoms with Gasteiger partial charge in [0.25, 0.3) is 5.91 Å². The third-order valence-corrected chi connectivity index (χ3v) is 4.64. The summed E-state index contributed by atoms with van der Waals surface area (Å²) in [7, 11) is 0. The fourth-order valence-corrected chi connectivity index (χ4v) is 3.14. The molecule has 0 radical (unpaired) electrons. The minimum atomic E-state index is -1.39. The quantitative estimate of drug-likeness (QED) is 0.288. The number of rotatable bonds is 13. The van der Waals surface area contributed by atoms with E-state index < -0.39 is 17.7 Å². The molecule has 0 saturated carbocycles. The van der Waals surface area contributed by atoms with Gasteiger partial charge < -0.3 is 24.3 Å². The number of nitrogens with zero attached hydrogens (tertiary/aromatic N) is 2. The maximum Gasteiger partial charge on any atom is 0.258 e. The summed E-state index contributed by atoms with van der Waals surface area (Å²) in [6.07, 6.45) is 0. The molecule has 0 heterocycles. The van der Waals surface area contributed by atoms with E-state index in [-0.39, 0.29) is 10.7 Å². The molecule has 2 rings (SSSR count). The molecule has 0 spiro atoms. The highest BCUT2D eigenvalue weighted by molar-refractivity contribution is 6.32. The number of ketones is 1. The molecule has 184 valence electrons. The van der Waals surface area contributed by atoms with Crippen LogP contribution in [0.1, 0.15) is 34.6 Å². The smallest absolute Gasteiger partial charge is 0.258 e. The van der Waals surface area contributed by atoms with Crippen LogP contribution in [-0.2, 0) is 9.59 Å². The number of nitrogens with one attached hydrogen (secondary N) is 1. The lowest BCUT2D eigenvalue weighted by molar-refractivity contribution is -0.126. The second kappa shape index (κ2) is 13.4. The lowest BCUT2D eigenvalue weighted by Crippen LogP contribution is -2.32. The van der Waals surface area contributed by atoms with Crippen LogP contribution in [0, 0.1) is 0 Å². The predicted octanol–water partition coefficient (Wildman–Crippen LogP) is 5.61. The number of ether oxygens (including phenoxy) is 4. The van der Waals surface area contributed by atoms with Crippen molar-refractivity contribution < 1.29 is 28.5 Å². The van der Waals surface area contributed by atoms with E-state index in [1.807, 2.05) is 20.8 Å². The van der Waals surface area contributed by atoms with Crippen LogP contribution in [0.3, 0.4) is 0 Å². The third-order valence-electron chi connectivity index (χ3n) is 4.35. The van der Waals surface area contributed by atoms with E-state index in [0.717, 1.165) is 0 Å². The Bertz CT molecular complexity index is 1030. The Balaban J connectivity index is 2.31. The van der Waals surface area contributed by atoms with Crippen LogP contribution < -0.4 is 24.3 Å².